The first kappa shape index (κ1) is 21.0. The molecule has 1 atom stereocenters. The van der Waals surface area contributed by atoms with Gasteiger partial charge in [0.2, 0.25) is 11.8 Å². The van der Waals surface area contributed by atoms with Crippen molar-refractivity contribution in [1.29, 1.82) is 0 Å². The number of amides is 4. The molecule has 0 aromatic heterocycles. The summed E-state index contributed by atoms with van der Waals surface area (Å²) in [5, 5.41) is 7.71. The zero-order valence-electron chi connectivity index (χ0n) is 15.7. The van der Waals surface area contributed by atoms with Gasteiger partial charge < -0.3 is 31.3 Å². The molecular weight excluding hydrogens is 366 g/mol. The summed E-state index contributed by atoms with van der Waals surface area (Å²) in [4.78, 5) is 49.4. The van der Waals surface area contributed by atoms with Crippen LogP contribution in [0.5, 0.6) is 0 Å². The Morgan fingerprint density at radius 3 is 2.64 bits per heavy atom. The maximum absolute atomic E-state index is 12.4. The first-order valence-electron chi connectivity index (χ1n) is 8.99. The largest absolute Gasteiger partial charge is 0.466 e. The highest BCUT2D eigenvalue weighted by Gasteiger charge is 2.35. The molecule has 152 valence electrons. The summed E-state index contributed by atoms with van der Waals surface area (Å²) in [5.74, 6) is -1.43. The first-order valence-corrected chi connectivity index (χ1v) is 8.99. The fourth-order valence-electron chi connectivity index (χ4n) is 2.73. The second-order valence-electron chi connectivity index (χ2n) is 6.18. The quantitative estimate of drug-likeness (QED) is 0.359. The average Bonchev–Trinajstić information content (AvgIpc) is 2.67. The molecule has 1 aromatic rings. The summed E-state index contributed by atoms with van der Waals surface area (Å²) in [6.07, 6.45) is -0.227. The van der Waals surface area contributed by atoms with E-state index in [1.54, 1.807) is 31.2 Å². The van der Waals surface area contributed by atoms with E-state index in [4.69, 9.17) is 10.5 Å². The number of esters is 1. The van der Waals surface area contributed by atoms with E-state index in [0.717, 1.165) is 5.56 Å². The molecule has 1 unspecified atom stereocenters. The lowest BCUT2D eigenvalue weighted by Crippen LogP contribution is -2.59. The molecule has 0 aliphatic carbocycles. The highest BCUT2D eigenvalue weighted by molar-refractivity contribution is 5.93. The van der Waals surface area contributed by atoms with Crippen LogP contribution >= 0.6 is 0 Å². The summed E-state index contributed by atoms with van der Waals surface area (Å²) >= 11 is 0. The number of ether oxygens (including phenoxy) is 1. The van der Waals surface area contributed by atoms with Gasteiger partial charge in [-0.1, -0.05) is 12.1 Å². The van der Waals surface area contributed by atoms with E-state index in [-0.39, 0.29) is 39.2 Å². The minimum absolute atomic E-state index is 0.191. The van der Waals surface area contributed by atoms with Crippen LogP contribution in [-0.2, 0) is 25.7 Å². The fraction of sp³-hybridized carbons (Fsp3) is 0.444. The zero-order chi connectivity index (χ0) is 20.5. The Labute approximate surface area is 162 Å². The monoisotopic (exact) mass is 391 g/mol. The lowest BCUT2D eigenvalue weighted by atomic mass is 10.1. The Morgan fingerprint density at radius 1 is 1.25 bits per heavy atom. The Morgan fingerprint density at radius 2 is 1.96 bits per heavy atom. The van der Waals surface area contributed by atoms with E-state index in [9.17, 15) is 19.2 Å². The number of nitrogen functional groups attached to an aromatic ring is 1. The van der Waals surface area contributed by atoms with Crippen LogP contribution in [-0.4, -0.2) is 61.0 Å². The number of hydrogen-bond acceptors (Lipinski definition) is 6. The van der Waals surface area contributed by atoms with E-state index in [0.29, 0.717) is 5.69 Å². The lowest BCUT2D eigenvalue weighted by molar-refractivity contribution is -0.151. The summed E-state index contributed by atoms with van der Waals surface area (Å²) < 4.78 is 4.86. The van der Waals surface area contributed by atoms with Gasteiger partial charge in [0, 0.05) is 25.3 Å². The van der Waals surface area contributed by atoms with Crippen LogP contribution in [0.1, 0.15) is 18.9 Å². The summed E-state index contributed by atoms with van der Waals surface area (Å²) in [5.41, 5.74) is 7.09. The topological polar surface area (TPSA) is 143 Å². The van der Waals surface area contributed by atoms with Crippen LogP contribution in [0.3, 0.4) is 0 Å². The third-order valence-electron chi connectivity index (χ3n) is 4.15. The van der Waals surface area contributed by atoms with E-state index in [2.05, 4.69) is 16.0 Å². The number of anilines is 1. The van der Waals surface area contributed by atoms with Crippen LogP contribution < -0.4 is 21.7 Å². The number of nitrogens with one attached hydrogen (secondary N) is 3. The van der Waals surface area contributed by atoms with Gasteiger partial charge in [-0.15, -0.1) is 0 Å². The number of piperazine rings is 1. The number of rotatable bonds is 7. The van der Waals surface area contributed by atoms with E-state index in [1.807, 2.05) is 0 Å². The smallest absolute Gasteiger partial charge is 0.315 e. The Kier molecular flexibility index (Phi) is 7.61. The summed E-state index contributed by atoms with van der Waals surface area (Å²) in [6.45, 7) is 2.38. The molecule has 10 heteroatoms. The number of nitrogens with two attached hydrogens (primary N) is 1. The highest BCUT2D eigenvalue weighted by Crippen LogP contribution is 2.10. The van der Waals surface area contributed by atoms with Crippen molar-refractivity contribution in [2.24, 2.45) is 0 Å². The molecule has 1 aliphatic heterocycles. The highest BCUT2D eigenvalue weighted by atomic mass is 16.5. The van der Waals surface area contributed by atoms with Crippen LogP contribution in [0.15, 0.2) is 24.3 Å². The lowest BCUT2D eigenvalue weighted by Gasteiger charge is -2.34. The minimum atomic E-state index is -0.945. The van der Waals surface area contributed by atoms with Crippen LogP contribution in [0.25, 0.3) is 0 Å². The molecule has 10 nitrogen and oxygen atoms in total. The van der Waals surface area contributed by atoms with Gasteiger partial charge in [0.25, 0.3) is 0 Å². The van der Waals surface area contributed by atoms with Crippen molar-refractivity contribution in [3.63, 3.8) is 0 Å². The number of hydrogen-bond donors (Lipinski definition) is 4. The van der Waals surface area contributed by atoms with Crippen LogP contribution in [0.4, 0.5) is 10.5 Å². The molecule has 4 amide bonds. The van der Waals surface area contributed by atoms with Gasteiger partial charge in [-0.05, 0) is 24.6 Å². The van der Waals surface area contributed by atoms with Gasteiger partial charge in [-0.3, -0.25) is 14.4 Å². The predicted octanol–water partition coefficient (Wildman–Crippen LogP) is -0.652. The van der Waals surface area contributed by atoms with Crippen molar-refractivity contribution in [1.82, 2.24) is 20.9 Å². The molecule has 2 rings (SSSR count). The van der Waals surface area contributed by atoms with Gasteiger partial charge >= 0.3 is 12.0 Å². The molecule has 1 fully saturated rings. The molecule has 0 radical (unpaired) electrons. The van der Waals surface area contributed by atoms with Crippen molar-refractivity contribution in [2.75, 3.05) is 32.0 Å². The fourth-order valence-corrected chi connectivity index (χ4v) is 2.73. The average molecular weight is 391 g/mol. The Bertz CT molecular complexity index is 722. The van der Waals surface area contributed by atoms with Crippen molar-refractivity contribution in [2.45, 2.75) is 25.9 Å². The normalized spacial score (nSPS) is 16.1. The number of urea groups is 1. The third-order valence-corrected chi connectivity index (χ3v) is 4.15. The number of carbonyl (C=O) groups excluding carboxylic acids is 4. The van der Waals surface area contributed by atoms with Gasteiger partial charge in [0.15, 0.2) is 0 Å². The van der Waals surface area contributed by atoms with E-state index >= 15 is 0 Å². The number of nitrogens with zero attached hydrogens (tertiary/aromatic N) is 1. The Balaban J connectivity index is 1.83. The predicted molar refractivity (Wildman–Crippen MR) is 101 cm³/mol. The molecule has 0 saturated carbocycles. The molecular formula is C18H25N5O5. The molecule has 1 heterocycles. The molecule has 28 heavy (non-hydrogen) atoms. The zero-order valence-corrected chi connectivity index (χ0v) is 15.7. The third kappa shape index (κ3) is 6.15. The second-order valence-corrected chi connectivity index (χ2v) is 6.18. The maximum atomic E-state index is 12.4. The van der Waals surface area contributed by atoms with Gasteiger partial charge in [0.05, 0.1) is 19.6 Å². The molecule has 5 N–H and O–H groups in total. The Hall–Kier alpha value is -3.30. The van der Waals surface area contributed by atoms with E-state index < -0.39 is 29.9 Å². The van der Waals surface area contributed by atoms with Crippen LogP contribution in [0.2, 0.25) is 0 Å². The standard InChI is InChI=1S/C18H25N5O5/c1-2-28-16(25)9-14-17(26)20-7-8-23(14)15(24)11-22-18(27)21-10-12-3-5-13(19)6-4-12/h3-6,14H,2,7-11,19H2,1H3,(H,20,26)(H2,21,22,27). The molecule has 1 aromatic carbocycles. The summed E-state index contributed by atoms with van der Waals surface area (Å²) in [7, 11) is 0. The maximum Gasteiger partial charge on any atom is 0.315 e. The molecule has 1 aliphatic rings. The van der Waals surface area contributed by atoms with Gasteiger partial charge in [-0.25, -0.2) is 4.79 Å². The number of benzene rings is 1. The minimum Gasteiger partial charge on any atom is -0.466 e. The molecule has 1 saturated heterocycles. The van der Waals surface area contributed by atoms with Crippen molar-refractivity contribution >= 4 is 29.5 Å². The van der Waals surface area contributed by atoms with Crippen molar-refractivity contribution in [3.05, 3.63) is 29.8 Å². The summed E-state index contributed by atoms with van der Waals surface area (Å²) in [6, 6.07) is 5.56. The second kappa shape index (κ2) is 10.1. The first-order chi connectivity index (χ1) is 13.4. The van der Waals surface area contributed by atoms with E-state index in [1.165, 1.54) is 4.90 Å². The SMILES string of the molecule is CCOC(=O)CC1C(=O)NCCN1C(=O)CNC(=O)NCc1ccc(N)cc1. The molecule has 0 bridgehead atoms. The van der Waals surface area contributed by atoms with Crippen molar-refractivity contribution < 1.29 is 23.9 Å². The molecule has 0 spiro atoms. The number of carbonyl (C=O) groups is 4. The van der Waals surface area contributed by atoms with Crippen molar-refractivity contribution in [3.8, 4) is 0 Å². The van der Waals surface area contributed by atoms with Crippen LogP contribution in [0, 0.1) is 0 Å². The van der Waals surface area contributed by atoms with Gasteiger partial charge in [-0.2, -0.15) is 0 Å². The van der Waals surface area contributed by atoms with Gasteiger partial charge in [0.1, 0.15) is 6.04 Å².